The molecule has 2 aliphatic rings. The Labute approximate surface area is 260 Å². The number of benzene rings is 3. The van der Waals surface area contributed by atoms with Crippen molar-refractivity contribution >= 4 is 17.6 Å². The van der Waals surface area contributed by atoms with E-state index in [0.717, 1.165) is 47.3 Å². The largest absolute Gasteiger partial charge is 0.497 e. The lowest BCUT2D eigenvalue weighted by molar-refractivity contribution is 0.0507. The zero-order chi connectivity index (χ0) is 31.1. The molecular weight excluding hydrogens is 556 g/mol. The third-order valence-electron chi connectivity index (χ3n) is 8.72. The van der Waals surface area contributed by atoms with Crippen molar-refractivity contribution in [1.29, 1.82) is 0 Å². The zero-order valence-electron chi connectivity index (χ0n) is 26.1. The van der Waals surface area contributed by atoms with Gasteiger partial charge in [-0.3, -0.25) is 4.79 Å². The molecule has 1 heterocycles. The predicted molar refractivity (Wildman–Crippen MR) is 170 cm³/mol. The number of allylic oxidation sites excluding steroid dienone is 1. The Morgan fingerprint density at radius 1 is 0.909 bits per heavy atom. The Morgan fingerprint density at radius 3 is 2.34 bits per heavy atom. The quantitative estimate of drug-likeness (QED) is 0.246. The van der Waals surface area contributed by atoms with Gasteiger partial charge in [0.2, 0.25) is 0 Å². The Hall–Kier alpha value is -4.30. The number of ether oxygens (including phenoxy) is 4. The fraction of sp³-hybridized carbons (Fsp3) is 0.389. The van der Waals surface area contributed by atoms with Crippen molar-refractivity contribution in [1.82, 2.24) is 9.80 Å². The van der Waals surface area contributed by atoms with Crippen LogP contribution in [-0.2, 0) is 22.5 Å². The summed E-state index contributed by atoms with van der Waals surface area (Å²) in [7, 11) is 3.25. The standard InChI is InChI=1S/C36H42N2O6/c1-5-37(6-2)34(39)27-13-15-30(33(20-27)44-25-41-3)32-23-36(22-28-12-14-29(42-4)21-31(28)32)16-18-38(19-17-36)35(40)43-24-26-10-8-7-9-11-26/h7-15,20-21,23H,5-6,16-19,22,24-25H2,1-4H3. The smallest absolute Gasteiger partial charge is 0.410 e. The molecule has 232 valence electrons. The highest BCUT2D eigenvalue weighted by atomic mass is 16.7. The van der Waals surface area contributed by atoms with E-state index in [1.54, 1.807) is 19.1 Å². The maximum absolute atomic E-state index is 13.2. The molecule has 3 aromatic rings. The van der Waals surface area contributed by atoms with Crippen LogP contribution in [0.5, 0.6) is 11.5 Å². The van der Waals surface area contributed by atoms with Crippen molar-refractivity contribution in [2.45, 2.75) is 39.7 Å². The van der Waals surface area contributed by atoms with E-state index in [9.17, 15) is 9.59 Å². The Balaban J connectivity index is 1.46. The van der Waals surface area contributed by atoms with Gasteiger partial charge in [0.25, 0.3) is 5.91 Å². The number of piperidine rings is 1. The molecule has 0 bridgehead atoms. The van der Waals surface area contributed by atoms with E-state index in [0.29, 0.717) is 37.5 Å². The molecule has 1 spiro atoms. The van der Waals surface area contributed by atoms with Gasteiger partial charge >= 0.3 is 6.09 Å². The first-order chi connectivity index (χ1) is 21.4. The van der Waals surface area contributed by atoms with E-state index in [1.165, 1.54) is 5.56 Å². The molecule has 2 amide bonds. The number of hydrogen-bond acceptors (Lipinski definition) is 6. The number of amides is 2. The summed E-state index contributed by atoms with van der Waals surface area (Å²) >= 11 is 0. The maximum atomic E-state index is 13.2. The van der Waals surface area contributed by atoms with Crippen LogP contribution in [0.2, 0.25) is 0 Å². The minimum atomic E-state index is -0.280. The van der Waals surface area contributed by atoms with Crippen molar-refractivity contribution in [2.24, 2.45) is 5.41 Å². The summed E-state index contributed by atoms with van der Waals surface area (Å²) in [5.41, 5.74) is 5.59. The van der Waals surface area contributed by atoms with Gasteiger partial charge in [-0.1, -0.05) is 42.5 Å². The SMILES string of the molecule is CCN(CC)C(=O)c1ccc(C2=CC3(CCN(C(=O)OCc4ccccc4)CC3)Cc3ccc(OC)cc32)c(OCOC)c1. The molecule has 5 rings (SSSR count). The second-order valence-electron chi connectivity index (χ2n) is 11.4. The molecule has 1 fully saturated rings. The Morgan fingerprint density at radius 2 is 1.66 bits per heavy atom. The van der Waals surface area contributed by atoms with Crippen LogP contribution in [0.4, 0.5) is 4.79 Å². The first-order valence-electron chi connectivity index (χ1n) is 15.3. The number of fused-ring (bicyclic) bond motifs is 1. The van der Waals surface area contributed by atoms with Gasteiger partial charge in [-0.2, -0.15) is 0 Å². The molecule has 1 saturated heterocycles. The number of likely N-dealkylation sites (tertiary alicyclic amines) is 1. The summed E-state index contributed by atoms with van der Waals surface area (Å²) < 4.78 is 22.6. The summed E-state index contributed by atoms with van der Waals surface area (Å²) in [5, 5.41) is 0. The van der Waals surface area contributed by atoms with Crippen molar-refractivity contribution < 1.29 is 28.5 Å². The molecular formula is C36H42N2O6. The lowest BCUT2D eigenvalue weighted by atomic mass is 9.67. The van der Waals surface area contributed by atoms with Crippen molar-refractivity contribution in [3.8, 4) is 11.5 Å². The summed E-state index contributed by atoms with van der Waals surface area (Å²) in [6.07, 6.45) is 4.53. The fourth-order valence-corrected chi connectivity index (χ4v) is 6.20. The predicted octanol–water partition coefficient (Wildman–Crippen LogP) is 6.57. The van der Waals surface area contributed by atoms with Gasteiger partial charge in [-0.15, -0.1) is 0 Å². The van der Waals surface area contributed by atoms with Gasteiger partial charge in [0.1, 0.15) is 18.1 Å². The highest BCUT2D eigenvalue weighted by molar-refractivity contribution is 5.96. The van der Waals surface area contributed by atoms with E-state index in [1.807, 2.05) is 73.3 Å². The van der Waals surface area contributed by atoms with E-state index in [2.05, 4.69) is 18.2 Å². The molecule has 0 atom stereocenters. The zero-order valence-corrected chi connectivity index (χ0v) is 26.1. The fourth-order valence-electron chi connectivity index (χ4n) is 6.20. The normalized spacial score (nSPS) is 15.3. The number of nitrogens with zero attached hydrogens (tertiary/aromatic N) is 2. The van der Waals surface area contributed by atoms with Gasteiger partial charge in [0.15, 0.2) is 6.79 Å². The van der Waals surface area contributed by atoms with Crippen LogP contribution in [0.25, 0.3) is 5.57 Å². The van der Waals surface area contributed by atoms with Crippen molar-refractivity contribution in [2.75, 3.05) is 47.2 Å². The topological polar surface area (TPSA) is 77.5 Å². The van der Waals surface area contributed by atoms with Crippen LogP contribution in [0, 0.1) is 5.41 Å². The second kappa shape index (κ2) is 14.0. The molecule has 1 aliphatic heterocycles. The summed E-state index contributed by atoms with van der Waals surface area (Å²) in [6, 6.07) is 21.6. The minimum absolute atomic E-state index is 0.0356. The Bertz CT molecular complexity index is 1490. The molecule has 0 radical (unpaired) electrons. The van der Waals surface area contributed by atoms with Crippen LogP contribution in [0.15, 0.2) is 72.8 Å². The van der Waals surface area contributed by atoms with Crippen LogP contribution in [0.3, 0.4) is 0 Å². The minimum Gasteiger partial charge on any atom is -0.497 e. The highest BCUT2D eigenvalue weighted by Gasteiger charge is 2.39. The van der Waals surface area contributed by atoms with Gasteiger partial charge in [0, 0.05) is 44.4 Å². The Kier molecular flexibility index (Phi) is 9.90. The van der Waals surface area contributed by atoms with Crippen molar-refractivity contribution in [3.63, 3.8) is 0 Å². The van der Waals surface area contributed by atoms with Gasteiger partial charge in [-0.25, -0.2) is 4.79 Å². The van der Waals surface area contributed by atoms with Crippen LogP contribution in [0.1, 0.15) is 59.3 Å². The molecule has 0 N–H and O–H groups in total. The third kappa shape index (κ3) is 6.76. The summed E-state index contributed by atoms with van der Waals surface area (Å²) in [5.74, 6) is 1.32. The molecule has 3 aromatic carbocycles. The lowest BCUT2D eigenvalue weighted by Gasteiger charge is -2.43. The van der Waals surface area contributed by atoms with E-state index in [4.69, 9.17) is 18.9 Å². The number of carbonyl (C=O) groups is 2. The maximum Gasteiger partial charge on any atom is 0.410 e. The molecule has 44 heavy (non-hydrogen) atoms. The summed E-state index contributed by atoms with van der Waals surface area (Å²) in [4.78, 5) is 29.8. The average molecular weight is 599 g/mol. The molecule has 8 heteroatoms. The van der Waals surface area contributed by atoms with Gasteiger partial charge in [-0.05, 0) is 91.1 Å². The lowest BCUT2D eigenvalue weighted by Crippen LogP contribution is -2.44. The molecule has 0 saturated carbocycles. The number of carbonyl (C=O) groups excluding carboxylic acids is 2. The van der Waals surface area contributed by atoms with Gasteiger partial charge < -0.3 is 28.7 Å². The molecule has 8 nitrogen and oxygen atoms in total. The third-order valence-corrected chi connectivity index (χ3v) is 8.72. The average Bonchev–Trinajstić information content (AvgIpc) is 3.07. The monoisotopic (exact) mass is 598 g/mol. The molecule has 0 unspecified atom stereocenters. The summed E-state index contributed by atoms with van der Waals surface area (Å²) in [6.45, 7) is 6.73. The van der Waals surface area contributed by atoms with E-state index < -0.39 is 0 Å². The van der Waals surface area contributed by atoms with E-state index >= 15 is 0 Å². The van der Waals surface area contributed by atoms with Crippen LogP contribution in [-0.4, -0.2) is 69.0 Å². The molecule has 0 aromatic heterocycles. The molecule has 1 aliphatic carbocycles. The number of methoxy groups -OCH3 is 2. The highest BCUT2D eigenvalue weighted by Crippen LogP contribution is 2.48. The van der Waals surface area contributed by atoms with Crippen molar-refractivity contribution in [3.05, 3.63) is 101 Å². The second-order valence-corrected chi connectivity index (χ2v) is 11.4. The number of hydrogen-bond donors (Lipinski definition) is 0. The van der Waals surface area contributed by atoms with E-state index in [-0.39, 0.29) is 30.8 Å². The van der Waals surface area contributed by atoms with Crippen LogP contribution >= 0.6 is 0 Å². The van der Waals surface area contributed by atoms with Gasteiger partial charge in [0.05, 0.1) is 7.11 Å². The van der Waals surface area contributed by atoms with Crippen LogP contribution < -0.4 is 9.47 Å². The first kappa shape index (κ1) is 31.1. The first-order valence-corrected chi connectivity index (χ1v) is 15.3. The number of rotatable bonds is 10.